The second-order valence-corrected chi connectivity index (χ2v) is 7.94. The lowest BCUT2D eigenvalue weighted by atomic mass is 9.91. The highest BCUT2D eigenvalue weighted by Crippen LogP contribution is 2.34. The zero-order valence-corrected chi connectivity index (χ0v) is 18.6. The smallest absolute Gasteiger partial charge is 0.336 e. The maximum absolute atomic E-state index is 13.3. The number of carboxylic acid groups (broad SMARTS) is 1. The fourth-order valence-corrected chi connectivity index (χ4v) is 3.77. The van der Waals surface area contributed by atoms with Gasteiger partial charge in [0, 0.05) is 5.56 Å². The number of rotatable bonds is 8. The minimum Gasteiger partial charge on any atom is -0.508 e. The standard InChI is InChI=1S/C27H26FNO4/c1-4-5-25(17-6-9-19(28)10-7-17)29-26(31)18-8-12-22(24(14-18)27(32)33)23-15-20(30)11-13-21(23)16(2)3/h6-15,25,30H,2,4-5H2,1,3H3,(H,29,31)(H,32,33). The lowest BCUT2D eigenvalue weighted by Crippen LogP contribution is -2.28. The Bertz CT molecular complexity index is 1200. The number of carbonyl (C=O) groups excluding carboxylic acids is 1. The van der Waals surface area contributed by atoms with Crippen LogP contribution in [0.25, 0.3) is 16.7 Å². The lowest BCUT2D eigenvalue weighted by molar-refractivity contribution is 0.0697. The summed E-state index contributed by atoms with van der Waals surface area (Å²) >= 11 is 0. The van der Waals surface area contributed by atoms with Gasteiger partial charge in [0.25, 0.3) is 5.91 Å². The molecule has 0 aliphatic carbocycles. The number of amides is 1. The van der Waals surface area contributed by atoms with Crippen LogP contribution in [0.1, 0.15) is 64.6 Å². The van der Waals surface area contributed by atoms with E-state index < -0.39 is 11.9 Å². The predicted octanol–water partition coefficient (Wildman–Crippen LogP) is 6.20. The molecule has 5 nitrogen and oxygen atoms in total. The maximum Gasteiger partial charge on any atom is 0.336 e. The first-order chi connectivity index (χ1) is 15.7. The summed E-state index contributed by atoms with van der Waals surface area (Å²) in [6.07, 6.45) is 1.44. The summed E-state index contributed by atoms with van der Waals surface area (Å²) in [5.41, 5.74) is 3.20. The number of benzene rings is 3. The van der Waals surface area contributed by atoms with Crippen molar-refractivity contribution < 1.29 is 24.2 Å². The number of allylic oxidation sites excluding steroid dienone is 1. The zero-order chi connectivity index (χ0) is 24.1. The van der Waals surface area contributed by atoms with Crippen LogP contribution < -0.4 is 5.32 Å². The van der Waals surface area contributed by atoms with E-state index in [1.165, 1.54) is 30.3 Å². The fourth-order valence-electron chi connectivity index (χ4n) is 3.77. The fraction of sp³-hybridized carbons (Fsp3) is 0.185. The summed E-state index contributed by atoms with van der Waals surface area (Å²) in [6.45, 7) is 7.70. The molecule has 3 N–H and O–H groups in total. The molecule has 3 aromatic carbocycles. The van der Waals surface area contributed by atoms with Crippen LogP contribution in [0.2, 0.25) is 0 Å². The molecule has 1 unspecified atom stereocenters. The Labute approximate surface area is 192 Å². The average Bonchev–Trinajstić information content (AvgIpc) is 2.78. The number of phenols is 1. The van der Waals surface area contributed by atoms with Crippen LogP contribution in [0.3, 0.4) is 0 Å². The summed E-state index contributed by atoms with van der Waals surface area (Å²) < 4.78 is 13.3. The zero-order valence-electron chi connectivity index (χ0n) is 18.6. The van der Waals surface area contributed by atoms with Crippen molar-refractivity contribution in [2.75, 3.05) is 0 Å². The van der Waals surface area contributed by atoms with Crippen LogP contribution >= 0.6 is 0 Å². The minimum absolute atomic E-state index is 0.00476. The first-order valence-corrected chi connectivity index (χ1v) is 10.6. The van der Waals surface area contributed by atoms with E-state index in [-0.39, 0.29) is 28.7 Å². The van der Waals surface area contributed by atoms with Crippen molar-refractivity contribution in [1.29, 1.82) is 0 Å². The number of carbonyl (C=O) groups is 2. The Morgan fingerprint density at radius 3 is 2.30 bits per heavy atom. The van der Waals surface area contributed by atoms with Crippen molar-refractivity contribution >= 4 is 17.4 Å². The summed E-state index contributed by atoms with van der Waals surface area (Å²) in [7, 11) is 0. The highest BCUT2D eigenvalue weighted by atomic mass is 19.1. The average molecular weight is 448 g/mol. The Balaban J connectivity index is 1.99. The Morgan fingerprint density at radius 1 is 1.00 bits per heavy atom. The van der Waals surface area contributed by atoms with Gasteiger partial charge in [-0.1, -0.05) is 49.8 Å². The molecular formula is C27H26FNO4. The molecule has 0 saturated carbocycles. The van der Waals surface area contributed by atoms with Gasteiger partial charge in [-0.25, -0.2) is 9.18 Å². The Morgan fingerprint density at radius 2 is 1.70 bits per heavy atom. The third-order valence-electron chi connectivity index (χ3n) is 5.42. The van der Waals surface area contributed by atoms with E-state index >= 15 is 0 Å². The number of aromatic carboxylic acids is 1. The van der Waals surface area contributed by atoms with Gasteiger partial charge >= 0.3 is 5.97 Å². The molecule has 3 aromatic rings. The number of carboxylic acids is 1. The van der Waals surface area contributed by atoms with E-state index in [1.807, 2.05) is 6.92 Å². The van der Waals surface area contributed by atoms with E-state index in [0.29, 0.717) is 28.7 Å². The number of phenolic OH excluding ortho intramolecular Hbond substituents is 1. The quantitative estimate of drug-likeness (QED) is 0.384. The Kier molecular flexibility index (Phi) is 7.28. The summed E-state index contributed by atoms with van der Waals surface area (Å²) in [5, 5.41) is 22.7. The van der Waals surface area contributed by atoms with Crippen LogP contribution in [0.5, 0.6) is 5.75 Å². The topological polar surface area (TPSA) is 86.6 Å². The van der Waals surface area contributed by atoms with E-state index in [1.54, 1.807) is 37.3 Å². The van der Waals surface area contributed by atoms with Gasteiger partial charge in [0.15, 0.2) is 0 Å². The monoisotopic (exact) mass is 447 g/mol. The van der Waals surface area contributed by atoms with Crippen molar-refractivity contribution in [3.8, 4) is 16.9 Å². The van der Waals surface area contributed by atoms with Crippen LogP contribution in [0, 0.1) is 5.82 Å². The number of halogens is 1. The van der Waals surface area contributed by atoms with Gasteiger partial charge in [-0.2, -0.15) is 0 Å². The molecular weight excluding hydrogens is 421 g/mol. The highest BCUT2D eigenvalue weighted by molar-refractivity contribution is 6.02. The van der Waals surface area contributed by atoms with Crippen molar-refractivity contribution in [3.63, 3.8) is 0 Å². The highest BCUT2D eigenvalue weighted by Gasteiger charge is 2.20. The molecule has 6 heteroatoms. The van der Waals surface area contributed by atoms with Gasteiger partial charge < -0.3 is 15.5 Å². The molecule has 1 atom stereocenters. The summed E-state index contributed by atoms with van der Waals surface area (Å²) in [4.78, 5) is 25.1. The molecule has 0 aliphatic rings. The molecule has 3 rings (SSSR count). The Hall–Kier alpha value is -3.93. The molecule has 1 amide bonds. The molecule has 0 aromatic heterocycles. The van der Waals surface area contributed by atoms with Gasteiger partial charge in [-0.3, -0.25) is 4.79 Å². The number of aromatic hydroxyl groups is 1. The van der Waals surface area contributed by atoms with Gasteiger partial charge in [-0.15, -0.1) is 0 Å². The number of nitrogens with one attached hydrogen (secondary N) is 1. The van der Waals surface area contributed by atoms with Gasteiger partial charge in [-0.05, 0) is 72.0 Å². The molecule has 0 heterocycles. The largest absolute Gasteiger partial charge is 0.508 e. The molecule has 0 radical (unpaired) electrons. The lowest BCUT2D eigenvalue weighted by Gasteiger charge is -2.19. The second-order valence-electron chi connectivity index (χ2n) is 7.94. The molecule has 0 spiro atoms. The van der Waals surface area contributed by atoms with E-state index in [2.05, 4.69) is 11.9 Å². The van der Waals surface area contributed by atoms with E-state index in [9.17, 15) is 24.2 Å². The van der Waals surface area contributed by atoms with Gasteiger partial charge in [0.2, 0.25) is 0 Å². The second kappa shape index (κ2) is 10.1. The third-order valence-corrected chi connectivity index (χ3v) is 5.42. The molecule has 170 valence electrons. The maximum atomic E-state index is 13.3. The van der Waals surface area contributed by atoms with Crippen molar-refractivity contribution in [2.24, 2.45) is 0 Å². The summed E-state index contributed by atoms with van der Waals surface area (Å²) in [6, 6.07) is 14.7. The van der Waals surface area contributed by atoms with Crippen molar-refractivity contribution in [3.05, 3.63) is 95.3 Å². The normalized spacial score (nSPS) is 11.6. The molecule has 0 saturated heterocycles. The molecule has 33 heavy (non-hydrogen) atoms. The SMILES string of the molecule is C=C(C)c1ccc(O)cc1-c1ccc(C(=O)NC(CCC)c2ccc(F)cc2)cc1C(=O)O. The first kappa shape index (κ1) is 23.7. The molecule has 0 fully saturated rings. The van der Waals surface area contributed by atoms with Gasteiger partial charge in [0.1, 0.15) is 11.6 Å². The molecule has 0 aliphatic heterocycles. The minimum atomic E-state index is -1.20. The number of hydrogen-bond acceptors (Lipinski definition) is 3. The van der Waals surface area contributed by atoms with Crippen LogP contribution in [0.15, 0.2) is 67.2 Å². The van der Waals surface area contributed by atoms with Crippen LogP contribution in [-0.2, 0) is 0 Å². The number of hydrogen-bond donors (Lipinski definition) is 3. The van der Waals surface area contributed by atoms with E-state index in [4.69, 9.17) is 0 Å². The van der Waals surface area contributed by atoms with Crippen LogP contribution in [-0.4, -0.2) is 22.1 Å². The van der Waals surface area contributed by atoms with Crippen LogP contribution in [0.4, 0.5) is 4.39 Å². The van der Waals surface area contributed by atoms with Crippen molar-refractivity contribution in [2.45, 2.75) is 32.7 Å². The first-order valence-electron chi connectivity index (χ1n) is 10.6. The predicted molar refractivity (Wildman–Crippen MR) is 127 cm³/mol. The molecule has 0 bridgehead atoms. The third kappa shape index (κ3) is 5.47. The van der Waals surface area contributed by atoms with Gasteiger partial charge in [0.05, 0.1) is 11.6 Å². The van der Waals surface area contributed by atoms with E-state index in [0.717, 1.165) is 12.0 Å². The summed E-state index contributed by atoms with van der Waals surface area (Å²) in [5.74, 6) is -1.99. The van der Waals surface area contributed by atoms with Crippen molar-refractivity contribution in [1.82, 2.24) is 5.32 Å².